The lowest BCUT2D eigenvalue weighted by Gasteiger charge is -2.17. The largest absolute Gasteiger partial charge is 0.497 e. The maximum Gasteiger partial charge on any atom is 0.473 e. The number of phosphoric acid groups is 2. The van der Waals surface area contributed by atoms with Crippen molar-refractivity contribution in [1.82, 2.24) is 4.90 Å². The number of aliphatic hydroxyl groups is 5. The number of aliphatic hydroxyl groups excluding tert-OH is 5. The van der Waals surface area contributed by atoms with Crippen LogP contribution < -0.4 is 18.9 Å². The number of nitrogens with zero attached hydrogens (tertiary/aromatic N) is 1. The average Bonchev–Trinajstić information content (AvgIpc) is 3.65. The molecule has 0 unspecified atom stereocenters. The first-order valence-electron chi connectivity index (χ1n) is 17.6. The lowest BCUT2D eigenvalue weighted by Crippen LogP contribution is -2.35. The number of halogens is 3. The molecule has 2 aliphatic heterocycles. The van der Waals surface area contributed by atoms with E-state index in [9.17, 15) is 34.1 Å². The van der Waals surface area contributed by atoms with Crippen molar-refractivity contribution in [1.29, 1.82) is 0 Å². The summed E-state index contributed by atoms with van der Waals surface area (Å²) in [5.74, 6) is 2.15. The van der Waals surface area contributed by atoms with Crippen molar-refractivity contribution in [3.63, 3.8) is 0 Å². The van der Waals surface area contributed by atoms with Crippen molar-refractivity contribution in [3.8, 4) is 23.0 Å². The van der Waals surface area contributed by atoms with Crippen molar-refractivity contribution >= 4 is 54.6 Å². The summed E-state index contributed by atoms with van der Waals surface area (Å²) in [7, 11) is -1.00. The Bertz CT molecular complexity index is 1540. The van der Waals surface area contributed by atoms with Crippen LogP contribution in [0.25, 0.3) is 0 Å². The second-order valence-corrected chi connectivity index (χ2v) is 21.5. The molecule has 0 bridgehead atoms. The third-order valence-electron chi connectivity index (χ3n) is 7.86. The third kappa shape index (κ3) is 23.9. The number of hydrogen-bond donors (Lipinski definition) is 7. The van der Waals surface area contributed by atoms with Crippen LogP contribution in [0, 0.1) is 0 Å². The first-order chi connectivity index (χ1) is 28.0. The van der Waals surface area contributed by atoms with Crippen molar-refractivity contribution < 1.29 is 95.5 Å². The molecule has 2 aromatic rings. The molecule has 2 aliphatic rings. The van der Waals surface area contributed by atoms with E-state index < -0.39 is 76.7 Å². The van der Waals surface area contributed by atoms with Gasteiger partial charge in [-0.15, -0.1) is 0 Å². The molecule has 2 fully saturated rings. The predicted molar refractivity (Wildman–Crippen MR) is 221 cm³/mol. The Balaban J connectivity index is 0.000000813. The SMILES string of the molecule is CCN(CC)CC.COP(=O)(OC)OC.COc1ccc(O[C@@H]2O[C@H](CO)[C@@H](O)[C@H]2O)cc1.COc1ccc(O[C@@H]2O[C@H](COP(=O)(O)O)[C@@H](O)[C@H]2O)cc1.O=P(Cl)(Cl)Cl. The fourth-order valence-electron chi connectivity index (χ4n) is 4.55. The molecule has 7 N–H and O–H groups in total. The fourth-order valence-corrected chi connectivity index (χ4v) is 5.34. The molecule has 0 spiro atoms. The van der Waals surface area contributed by atoms with E-state index in [2.05, 4.69) is 77.5 Å². The van der Waals surface area contributed by atoms with Gasteiger partial charge in [-0.2, -0.15) is 0 Å². The Morgan fingerprint density at radius 2 is 0.917 bits per heavy atom. The van der Waals surface area contributed by atoms with Gasteiger partial charge in [-0.25, -0.2) is 9.13 Å². The average molecular weight is 987 g/mol. The number of hydrogen-bond acceptors (Lipinski definition) is 19. The summed E-state index contributed by atoms with van der Waals surface area (Å²) in [5, 5.41) is 44.6. The Hall–Kier alpha value is -1.36. The minimum Gasteiger partial charge on any atom is -0.497 e. The highest BCUT2D eigenvalue weighted by molar-refractivity contribution is 8.24. The summed E-state index contributed by atoms with van der Waals surface area (Å²) in [6.45, 7) is 9.17. The van der Waals surface area contributed by atoms with E-state index in [1.165, 1.54) is 48.1 Å². The molecule has 0 saturated carbocycles. The second-order valence-electron chi connectivity index (χ2n) is 11.6. The van der Waals surface area contributed by atoms with Crippen molar-refractivity contribution in [2.45, 2.75) is 70.0 Å². The summed E-state index contributed by atoms with van der Waals surface area (Å²) in [6.07, 6.45) is -9.25. The molecule has 0 amide bonds. The van der Waals surface area contributed by atoms with Gasteiger partial charge in [0, 0.05) is 21.3 Å². The second kappa shape index (κ2) is 29.9. The van der Waals surface area contributed by atoms with Gasteiger partial charge in [0.15, 0.2) is 0 Å². The van der Waals surface area contributed by atoms with E-state index in [1.807, 2.05) is 0 Å². The number of rotatable bonds is 16. The maximum absolute atomic E-state index is 10.7. The summed E-state index contributed by atoms with van der Waals surface area (Å²) in [6, 6.07) is 13.2. The third-order valence-corrected chi connectivity index (χ3v) is 9.69. The lowest BCUT2D eigenvalue weighted by atomic mass is 10.1. The van der Waals surface area contributed by atoms with Crippen LogP contribution in [0.15, 0.2) is 48.5 Å². The molecule has 2 aromatic carbocycles. The highest BCUT2D eigenvalue weighted by Gasteiger charge is 2.45. The molecule has 0 aliphatic carbocycles. The molecule has 2 saturated heterocycles. The molecule has 8 atom stereocenters. The number of benzene rings is 2. The van der Waals surface area contributed by atoms with Crippen LogP contribution in [-0.4, -0.2) is 158 Å². The van der Waals surface area contributed by atoms with Gasteiger partial charge in [0.25, 0.3) is 0 Å². The minimum absolute atomic E-state index is 0.369. The molecule has 60 heavy (non-hydrogen) atoms. The molecule has 4 rings (SSSR count). The minimum atomic E-state index is -4.69. The van der Waals surface area contributed by atoms with E-state index >= 15 is 0 Å². The van der Waals surface area contributed by atoms with Gasteiger partial charge in [0.05, 0.1) is 27.4 Å². The quantitative estimate of drug-likeness (QED) is 0.115. The van der Waals surface area contributed by atoms with Crippen molar-refractivity contribution in [2.24, 2.45) is 0 Å². The zero-order valence-corrected chi connectivity index (χ0v) is 39.1. The van der Waals surface area contributed by atoms with Gasteiger partial charge in [-0.05, 0) is 102 Å². The van der Waals surface area contributed by atoms with Crippen LogP contribution in [0.1, 0.15) is 20.8 Å². The highest BCUT2D eigenvalue weighted by atomic mass is 36.0. The molecule has 27 heteroatoms. The van der Waals surface area contributed by atoms with E-state index in [4.69, 9.17) is 43.3 Å². The van der Waals surface area contributed by atoms with Crippen LogP contribution in [0.4, 0.5) is 0 Å². The maximum atomic E-state index is 10.7. The van der Waals surface area contributed by atoms with Crippen LogP contribution in [-0.2, 0) is 41.3 Å². The van der Waals surface area contributed by atoms with E-state index in [1.54, 1.807) is 55.6 Å². The summed E-state index contributed by atoms with van der Waals surface area (Å²) >= 11 is 13.8. The normalized spacial score (nSPS) is 23.6. The van der Waals surface area contributed by atoms with E-state index in [0.717, 1.165) is 0 Å². The predicted octanol–water partition coefficient (Wildman–Crippen LogP) is 4.34. The fraction of sp³-hybridized carbons (Fsp3) is 0.636. The summed E-state index contributed by atoms with van der Waals surface area (Å²) in [5.41, 5.74) is 0. The van der Waals surface area contributed by atoms with Crippen molar-refractivity contribution in [2.75, 3.05) is 68.4 Å². The Kier molecular flexibility index (Phi) is 29.2. The standard InChI is InChI=1S/C12H17O9P.C12H16O6.C6H15N.C3H9O4P.Cl3OP/c1-18-7-2-4-8(5-3-7)20-12-11(14)10(13)9(21-12)6-19-22(15,16)17;1-16-7-2-4-8(5-3-7)17-12-11(15)10(14)9(6-13)18-12;1-4-7(5-2)6-3;1-5-8(4,6-2)7-3;1-5(2,3)4/h2-5,9-14H,6H2,1H3,(H2,15,16,17);2-5,9-15H,6H2,1H3;4-6H2,1-3H3;1-3H3;/t2*9-,10-,11-,12-;;;/m11.../s1. The number of phosphoric ester groups is 2. The first kappa shape index (κ1) is 58.6. The van der Waals surface area contributed by atoms with Gasteiger partial charge in [0.2, 0.25) is 12.6 Å². The molecule has 2 heterocycles. The molecule has 0 radical (unpaired) electrons. The zero-order chi connectivity index (χ0) is 46.3. The van der Waals surface area contributed by atoms with Gasteiger partial charge in [-0.1, -0.05) is 20.8 Å². The first-order valence-corrected chi connectivity index (χ1v) is 25.0. The van der Waals surface area contributed by atoms with Gasteiger partial charge in [-0.3, -0.25) is 22.7 Å². The van der Waals surface area contributed by atoms with Gasteiger partial charge in [0.1, 0.15) is 59.6 Å². The molecular weight excluding hydrogens is 930 g/mol. The number of ether oxygens (including phenoxy) is 6. The molecular formula is C33H57Cl3NO20P3. The topological polar surface area (TPSA) is 288 Å². The monoisotopic (exact) mass is 985 g/mol. The van der Waals surface area contributed by atoms with Crippen LogP contribution >= 0.6 is 54.6 Å². The highest BCUT2D eigenvalue weighted by Crippen LogP contribution is 2.61. The Morgan fingerprint density at radius 1 is 0.600 bits per heavy atom. The van der Waals surface area contributed by atoms with E-state index in [-0.39, 0.29) is 6.61 Å². The van der Waals surface area contributed by atoms with Crippen LogP contribution in [0.2, 0.25) is 0 Å². The molecule has 350 valence electrons. The smallest absolute Gasteiger partial charge is 0.473 e. The molecule has 21 nitrogen and oxygen atoms in total. The van der Waals surface area contributed by atoms with Crippen LogP contribution in [0.3, 0.4) is 0 Å². The number of methoxy groups -OCH3 is 2. The lowest BCUT2D eigenvalue weighted by molar-refractivity contribution is -0.116. The summed E-state index contributed by atoms with van der Waals surface area (Å²) < 4.78 is 79.3. The van der Waals surface area contributed by atoms with Crippen molar-refractivity contribution in [3.05, 3.63) is 48.5 Å². The van der Waals surface area contributed by atoms with Crippen LogP contribution in [0.5, 0.6) is 23.0 Å². The summed E-state index contributed by atoms with van der Waals surface area (Å²) in [4.78, 5) is 19.6. The zero-order valence-electron chi connectivity index (χ0n) is 34.1. The van der Waals surface area contributed by atoms with Gasteiger partial charge < -0.3 is 68.6 Å². The van der Waals surface area contributed by atoms with Gasteiger partial charge >= 0.3 is 20.8 Å². The Morgan fingerprint density at radius 3 is 1.15 bits per heavy atom. The Labute approximate surface area is 363 Å². The molecule has 0 aromatic heterocycles. The van der Waals surface area contributed by atoms with E-state index in [0.29, 0.717) is 23.0 Å².